The molecule has 2 rings (SSSR count). The van der Waals surface area contributed by atoms with Crippen LogP contribution in [0.4, 0.5) is 0 Å². The second-order valence-electron chi connectivity index (χ2n) is 15.8. The van der Waals surface area contributed by atoms with Gasteiger partial charge < -0.3 is 64.2 Å². The maximum absolute atomic E-state index is 12.9. The maximum atomic E-state index is 12.9. The molecule has 0 aromatic carbocycles. The first-order valence-electron chi connectivity index (χ1n) is 23.5. The van der Waals surface area contributed by atoms with E-state index in [4.69, 9.17) is 28.4 Å². The Morgan fingerprint density at radius 3 is 1.44 bits per heavy atom. The van der Waals surface area contributed by atoms with Crippen LogP contribution in [0, 0.1) is 0 Å². The minimum absolute atomic E-state index is 0.0832. The summed E-state index contributed by atoms with van der Waals surface area (Å²) in [6, 6.07) is 0. The van der Waals surface area contributed by atoms with Crippen LogP contribution in [0.3, 0.4) is 0 Å². The lowest BCUT2D eigenvalue weighted by molar-refractivity contribution is -0.332. The second-order valence-corrected chi connectivity index (χ2v) is 15.8. The SMILES string of the molecule is CC/C=C\C/C=C\C/C=C\C/C=C\C/C=C\CC(=O)OC(COC(=O)CCCC/C=C\C/C=C\C/C=C\C/C=C\CC)COC1OC(COC2OC(CO)C(O)C(O)C2O)C(O)C(O)C1O. The first-order chi connectivity index (χ1) is 32.0. The van der Waals surface area contributed by atoms with Crippen molar-refractivity contribution in [2.75, 3.05) is 26.4 Å². The van der Waals surface area contributed by atoms with Gasteiger partial charge in [0.25, 0.3) is 0 Å². The Balaban J connectivity index is 1.91. The summed E-state index contributed by atoms with van der Waals surface area (Å²) in [6.45, 7) is 2.16. The molecular weight excluding hydrogens is 853 g/mol. The third kappa shape index (κ3) is 25.3. The van der Waals surface area contributed by atoms with Crippen LogP contribution in [0.25, 0.3) is 0 Å². The number of esters is 2. The Kier molecular flexibility index (Phi) is 32.8. The summed E-state index contributed by atoms with van der Waals surface area (Å²) in [5, 5.41) is 71.9. The van der Waals surface area contributed by atoms with E-state index in [0.29, 0.717) is 12.8 Å². The molecule has 2 saturated heterocycles. The minimum atomic E-state index is -1.79. The number of allylic oxidation sites excluding steroid dienone is 17. The van der Waals surface area contributed by atoms with Gasteiger partial charge in [-0.3, -0.25) is 9.59 Å². The van der Waals surface area contributed by atoms with Crippen molar-refractivity contribution in [1.82, 2.24) is 0 Å². The third-order valence-corrected chi connectivity index (χ3v) is 10.3. The van der Waals surface area contributed by atoms with Crippen LogP contribution >= 0.6 is 0 Å². The monoisotopic (exact) mass is 931 g/mol. The summed E-state index contributed by atoms with van der Waals surface area (Å²) in [5.74, 6) is -1.14. The van der Waals surface area contributed by atoms with Gasteiger partial charge in [-0.15, -0.1) is 0 Å². The Morgan fingerprint density at radius 2 is 0.939 bits per heavy atom. The van der Waals surface area contributed by atoms with E-state index in [9.17, 15) is 45.3 Å². The summed E-state index contributed by atoms with van der Waals surface area (Å²) in [4.78, 5) is 25.6. The van der Waals surface area contributed by atoms with Crippen LogP contribution in [0.2, 0.25) is 0 Å². The van der Waals surface area contributed by atoms with E-state index in [1.807, 2.05) is 18.2 Å². The molecule has 0 amide bonds. The Morgan fingerprint density at radius 1 is 0.500 bits per heavy atom. The highest BCUT2D eigenvalue weighted by Crippen LogP contribution is 2.26. The number of carbonyl (C=O) groups excluding carboxylic acids is 2. The summed E-state index contributed by atoms with van der Waals surface area (Å²) < 4.78 is 33.3. The molecule has 0 aliphatic carbocycles. The van der Waals surface area contributed by atoms with Crippen LogP contribution in [0.1, 0.15) is 104 Å². The van der Waals surface area contributed by atoms with E-state index in [2.05, 4.69) is 98.9 Å². The largest absolute Gasteiger partial charge is 0.462 e. The average molecular weight is 931 g/mol. The molecular formula is C51H78O15. The summed E-state index contributed by atoms with van der Waals surface area (Å²) in [6.07, 6.45) is 30.2. The van der Waals surface area contributed by atoms with Gasteiger partial charge in [0.05, 0.1) is 26.2 Å². The van der Waals surface area contributed by atoms with E-state index < -0.39 is 99.3 Å². The summed E-state index contributed by atoms with van der Waals surface area (Å²) >= 11 is 0. The molecule has 0 aromatic rings. The van der Waals surface area contributed by atoms with Gasteiger partial charge in [-0.05, 0) is 77.0 Å². The van der Waals surface area contributed by atoms with Gasteiger partial charge in [0.15, 0.2) is 18.7 Å². The van der Waals surface area contributed by atoms with Crippen molar-refractivity contribution in [2.45, 2.75) is 171 Å². The number of hydrogen-bond donors (Lipinski definition) is 7. The van der Waals surface area contributed by atoms with Gasteiger partial charge in [-0.25, -0.2) is 0 Å². The van der Waals surface area contributed by atoms with Crippen LogP contribution in [-0.4, -0.2) is 142 Å². The molecule has 0 radical (unpaired) electrons. The predicted octanol–water partition coefficient (Wildman–Crippen LogP) is 5.59. The summed E-state index contributed by atoms with van der Waals surface area (Å²) in [7, 11) is 0. The second kappa shape index (κ2) is 37.2. The van der Waals surface area contributed by atoms with Crippen molar-refractivity contribution in [3.8, 4) is 0 Å². The van der Waals surface area contributed by atoms with E-state index in [1.54, 1.807) is 6.08 Å². The number of aliphatic hydroxyl groups is 7. The minimum Gasteiger partial charge on any atom is -0.462 e. The van der Waals surface area contributed by atoms with Crippen LogP contribution in [-0.2, 0) is 38.0 Å². The zero-order valence-corrected chi connectivity index (χ0v) is 38.9. The Bertz CT molecular complexity index is 1560. The number of ether oxygens (including phenoxy) is 6. The quantitative estimate of drug-likeness (QED) is 0.0242. The van der Waals surface area contributed by atoms with Crippen LogP contribution < -0.4 is 0 Å². The first-order valence-corrected chi connectivity index (χ1v) is 23.5. The molecule has 15 nitrogen and oxygen atoms in total. The molecule has 11 atom stereocenters. The lowest BCUT2D eigenvalue weighted by Gasteiger charge is -2.42. The molecule has 2 heterocycles. The number of aliphatic hydroxyl groups excluding tert-OH is 7. The molecule has 0 bridgehead atoms. The first kappa shape index (κ1) is 58.3. The fraction of sp³-hybridized carbons (Fsp3) is 0.608. The van der Waals surface area contributed by atoms with Crippen molar-refractivity contribution in [1.29, 1.82) is 0 Å². The Labute approximate surface area is 391 Å². The van der Waals surface area contributed by atoms with Crippen molar-refractivity contribution < 1.29 is 73.8 Å². The zero-order valence-electron chi connectivity index (χ0n) is 38.9. The van der Waals surface area contributed by atoms with Gasteiger partial charge in [-0.2, -0.15) is 0 Å². The predicted molar refractivity (Wildman–Crippen MR) is 251 cm³/mol. The molecule has 2 fully saturated rings. The average Bonchev–Trinajstić information content (AvgIpc) is 3.31. The van der Waals surface area contributed by atoms with E-state index >= 15 is 0 Å². The molecule has 0 spiro atoms. The van der Waals surface area contributed by atoms with E-state index in [-0.39, 0.29) is 19.4 Å². The number of unbranched alkanes of at least 4 members (excludes halogenated alkanes) is 2. The lowest BCUT2D eigenvalue weighted by Crippen LogP contribution is -2.61. The van der Waals surface area contributed by atoms with Crippen molar-refractivity contribution >= 4 is 11.9 Å². The highest BCUT2D eigenvalue weighted by Gasteiger charge is 2.47. The van der Waals surface area contributed by atoms with Crippen LogP contribution in [0.5, 0.6) is 0 Å². The highest BCUT2D eigenvalue weighted by molar-refractivity contribution is 5.71. The number of hydrogen-bond acceptors (Lipinski definition) is 15. The number of carbonyl (C=O) groups is 2. The highest BCUT2D eigenvalue weighted by atomic mass is 16.7. The van der Waals surface area contributed by atoms with Gasteiger partial charge in [0.2, 0.25) is 0 Å². The zero-order chi connectivity index (χ0) is 48.2. The molecule has 0 saturated carbocycles. The summed E-state index contributed by atoms with van der Waals surface area (Å²) in [5.41, 5.74) is 0. The number of rotatable bonds is 33. The molecule has 15 heteroatoms. The fourth-order valence-corrected chi connectivity index (χ4v) is 6.46. The third-order valence-electron chi connectivity index (χ3n) is 10.3. The smallest absolute Gasteiger partial charge is 0.310 e. The standard InChI is InChI=1S/C51H78O15/c1-3-5-7-9-11-13-15-17-19-21-23-25-27-29-31-33-42(53)61-36-39(64-43(54)34-32-30-28-26-24-22-20-18-16-14-12-10-8-6-4-2)37-62-50-49(60)47(58)45(56)41(66-50)38-63-51-48(59)46(57)44(55)40(35-52)65-51/h5-8,11-14,17-20,23-26,30,32,39-41,44-52,55-60H,3-4,9-10,15-16,21-22,27-29,31,33-38H2,1-2H3/b7-5-,8-6-,13-11-,14-12-,19-17-,20-18-,25-23-,26-24-,32-30-. The van der Waals surface area contributed by atoms with Crippen molar-refractivity contribution in [3.05, 3.63) is 109 Å². The van der Waals surface area contributed by atoms with Gasteiger partial charge >= 0.3 is 11.9 Å². The molecule has 2 aliphatic rings. The van der Waals surface area contributed by atoms with E-state index in [1.165, 1.54) is 0 Å². The molecule has 2 aliphatic heterocycles. The lowest BCUT2D eigenvalue weighted by atomic mass is 9.98. The molecule has 11 unspecified atom stereocenters. The molecule has 0 aromatic heterocycles. The van der Waals surface area contributed by atoms with Crippen LogP contribution in [0.15, 0.2) is 109 Å². The Hall–Kier alpha value is -3.84. The molecule has 372 valence electrons. The van der Waals surface area contributed by atoms with Gasteiger partial charge in [0.1, 0.15) is 55.4 Å². The van der Waals surface area contributed by atoms with Crippen molar-refractivity contribution in [2.24, 2.45) is 0 Å². The maximum Gasteiger partial charge on any atom is 0.310 e. The van der Waals surface area contributed by atoms with Crippen molar-refractivity contribution in [3.63, 3.8) is 0 Å². The van der Waals surface area contributed by atoms with E-state index in [0.717, 1.165) is 64.2 Å². The molecule has 7 N–H and O–H groups in total. The fourth-order valence-electron chi connectivity index (χ4n) is 6.46. The topological polar surface area (TPSA) is 231 Å². The normalized spacial score (nSPS) is 27.2. The van der Waals surface area contributed by atoms with Gasteiger partial charge in [-0.1, -0.05) is 123 Å². The molecule has 66 heavy (non-hydrogen) atoms. The van der Waals surface area contributed by atoms with Gasteiger partial charge in [0, 0.05) is 6.42 Å².